The summed E-state index contributed by atoms with van der Waals surface area (Å²) in [5, 5.41) is 23.7. The number of rotatable bonds is 7. The third-order valence-electron chi connectivity index (χ3n) is 4.85. The first-order valence-corrected chi connectivity index (χ1v) is 10.7. The van der Waals surface area contributed by atoms with E-state index in [1.165, 1.54) is 28.9 Å². The van der Waals surface area contributed by atoms with Crippen LogP contribution in [0.25, 0.3) is 0 Å². The molecule has 2 aromatic carbocycles. The molecule has 1 N–H and O–H groups in total. The molecule has 0 spiro atoms. The Bertz CT molecular complexity index is 1380. The number of nitro groups is 1. The Morgan fingerprint density at radius 2 is 1.82 bits per heavy atom. The molecule has 4 rings (SSSR count). The first-order valence-electron chi connectivity index (χ1n) is 9.97. The number of anilines is 1. The van der Waals surface area contributed by atoms with E-state index < -0.39 is 10.8 Å². The van der Waals surface area contributed by atoms with E-state index in [9.17, 15) is 14.9 Å². The monoisotopic (exact) mass is 500 g/mol. The van der Waals surface area contributed by atoms with Crippen molar-refractivity contribution in [3.05, 3.63) is 92.0 Å². The molecule has 1 amide bonds. The van der Waals surface area contributed by atoms with Crippen LogP contribution in [0.4, 0.5) is 11.4 Å². The van der Waals surface area contributed by atoms with Crippen LogP contribution in [0.5, 0.6) is 11.5 Å². The zero-order chi connectivity index (χ0) is 24.4. The van der Waals surface area contributed by atoms with Gasteiger partial charge in [-0.1, -0.05) is 23.2 Å². The largest absolute Gasteiger partial charge is 0.457 e. The molecule has 0 saturated carbocycles. The van der Waals surface area contributed by atoms with Gasteiger partial charge in [-0.15, -0.1) is 0 Å². The zero-order valence-corrected chi connectivity index (χ0v) is 19.5. The van der Waals surface area contributed by atoms with Crippen molar-refractivity contribution >= 4 is 40.5 Å². The number of nitro benzene ring substituents is 1. The van der Waals surface area contributed by atoms with Crippen LogP contribution in [0.3, 0.4) is 0 Å². The summed E-state index contributed by atoms with van der Waals surface area (Å²) < 4.78 is 8.90. The Morgan fingerprint density at radius 3 is 2.47 bits per heavy atom. The molecular formula is C22H18Cl2N6O4. The standard InChI is InChI=1S/C22H18Cl2N6O4/c1-13-21(24)14(2)29(26-13)12-28-8-7-20(27-28)22(31)25-16-9-17(30(32)33)11-19(10-16)34-18-5-3-15(23)4-6-18/h3-11H,12H2,1-2H3,(H,25,31). The van der Waals surface area contributed by atoms with Crippen LogP contribution in [0.2, 0.25) is 10.0 Å². The summed E-state index contributed by atoms with van der Waals surface area (Å²) in [4.78, 5) is 23.5. The summed E-state index contributed by atoms with van der Waals surface area (Å²) >= 11 is 12.0. The molecule has 12 heteroatoms. The van der Waals surface area contributed by atoms with Crippen LogP contribution >= 0.6 is 23.2 Å². The number of amides is 1. The molecule has 174 valence electrons. The van der Waals surface area contributed by atoms with Gasteiger partial charge < -0.3 is 10.1 Å². The van der Waals surface area contributed by atoms with Gasteiger partial charge in [0.05, 0.1) is 33.1 Å². The fourth-order valence-corrected chi connectivity index (χ4v) is 3.43. The molecular weight excluding hydrogens is 483 g/mol. The second kappa shape index (κ2) is 9.54. The zero-order valence-electron chi connectivity index (χ0n) is 18.0. The second-order valence-electron chi connectivity index (χ2n) is 7.35. The van der Waals surface area contributed by atoms with E-state index in [4.69, 9.17) is 27.9 Å². The van der Waals surface area contributed by atoms with E-state index in [0.717, 1.165) is 5.69 Å². The number of benzene rings is 2. The topological polar surface area (TPSA) is 117 Å². The van der Waals surface area contributed by atoms with Crippen LogP contribution in [-0.2, 0) is 6.67 Å². The molecule has 0 aliphatic carbocycles. The van der Waals surface area contributed by atoms with E-state index in [0.29, 0.717) is 21.5 Å². The fraction of sp³-hybridized carbons (Fsp3) is 0.136. The van der Waals surface area contributed by atoms with E-state index >= 15 is 0 Å². The van der Waals surface area contributed by atoms with Crippen molar-refractivity contribution in [1.82, 2.24) is 19.6 Å². The summed E-state index contributed by atoms with van der Waals surface area (Å²) in [6.07, 6.45) is 1.63. The Hall–Kier alpha value is -3.89. The number of hydrogen-bond acceptors (Lipinski definition) is 6. The number of ether oxygens (including phenoxy) is 1. The van der Waals surface area contributed by atoms with Gasteiger partial charge in [0, 0.05) is 23.4 Å². The maximum absolute atomic E-state index is 12.7. The number of nitrogens with one attached hydrogen (secondary N) is 1. The number of aromatic nitrogens is 4. The number of aryl methyl sites for hydroxylation is 1. The summed E-state index contributed by atoms with van der Waals surface area (Å²) in [6, 6.07) is 12.0. The minimum Gasteiger partial charge on any atom is -0.457 e. The molecule has 4 aromatic rings. The maximum atomic E-state index is 12.7. The molecule has 0 bridgehead atoms. The summed E-state index contributed by atoms with van der Waals surface area (Å²) in [7, 11) is 0. The highest BCUT2D eigenvalue weighted by Gasteiger charge is 2.16. The Labute approximate surface area is 203 Å². The fourth-order valence-electron chi connectivity index (χ4n) is 3.17. The van der Waals surface area contributed by atoms with E-state index in [2.05, 4.69) is 15.5 Å². The van der Waals surface area contributed by atoms with Crippen molar-refractivity contribution in [2.45, 2.75) is 20.5 Å². The van der Waals surface area contributed by atoms with Gasteiger partial charge in [0.2, 0.25) is 0 Å². The van der Waals surface area contributed by atoms with Gasteiger partial charge in [0.15, 0.2) is 5.69 Å². The molecule has 2 aromatic heterocycles. The SMILES string of the molecule is Cc1nn(Cn2ccc(C(=O)Nc3cc(Oc4ccc(Cl)cc4)cc([N+](=O)[O-])c3)n2)c(C)c1Cl. The molecule has 0 atom stereocenters. The molecule has 0 unspecified atom stereocenters. The molecule has 0 aliphatic rings. The number of carbonyl (C=O) groups is 1. The van der Waals surface area contributed by atoms with Crippen LogP contribution in [0.1, 0.15) is 21.9 Å². The Balaban J connectivity index is 1.52. The van der Waals surface area contributed by atoms with Gasteiger partial charge in [0.25, 0.3) is 11.6 Å². The van der Waals surface area contributed by atoms with E-state index in [1.54, 1.807) is 42.1 Å². The van der Waals surface area contributed by atoms with E-state index in [1.807, 2.05) is 6.92 Å². The van der Waals surface area contributed by atoms with Gasteiger partial charge in [-0.25, -0.2) is 4.68 Å². The van der Waals surface area contributed by atoms with Gasteiger partial charge in [-0.2, -0.15) is 10.2 Å². The van der Waals surface area contributed by atoms with Crippen molar-refractivity contribution in [2.24, 2.45) is 0 Å². The third-order valence-corrected chi connectivity index (χ3v) is 5.65. The highest BCUT2D eigenvalue weighted by Crippen LogP contribution is 2.30. The lowest BCUT2D eigenvalue weighted by molar-refractivity contribution is -0.384. The Kier molecular flexibility index (Phi) is 6.53. The lowest BCUT2D eigenvalue weighted by atomic mass is 10.2. The van der Waals surface area contributed by atoms with Crippen LogP contribution in [-0.4, -0.2) is 30.4 Å². The first-order chi connectivity index (χ1) is 16.2. The van der Waals surface area contributed by atoms with E-state index in [-0.39, 0.29) is 29.5 Å². The lowest BCUT2D eigenvalue weighted by Gasteiger charge is -2.09. The average Bonchev–Trinajstić information content (AvgIpc) is 3.36. The average molecular weight is 501 g/mol. The highest BCUT2D eigenvalue weighted by molar-refractivity contribution is 6.31. The number of carbonyl (C=O) groups excluding carboxylic acids is 1. The van der Waals surface area contributed by atoms with Gasteiger partial charge >= 0.3 is 0 Å². The summed E-state index contributed by atoms with van der Waals surface area (Å²) in [5.74, 6) is 0.0759. The van der Waals surface area contributed by atoms with Crippen molar-refractivity contribution in [3.63, 3.8) is 0 Å². The summed E-state index contributed by atoms with van der Waals surface area (Å²) in [5.41, 5.74) is 1.55. The molecule has 0 fully saturated rings. The molecule has 0 saturated heterocycles. The van der Waals surface area contributed by atoms with Crippen LogP contribution in [0, 0.1) is 24.0 Å². The van der Waals surface area contributed by atoms with Crippen molar-refractivity contribution < 1.29 is 14.5 Å². The molecule has 0 aliphatic heterocycles. The highest BCUT2D eigenvalue weighted by atomic mass is 35.5. The molecule has 0 radical (unpaired) electrons. The minimum absolute atomic E-state index is 0.124. The maximum Gasteiger partial charge on any atom is 0.276 e. The van der Waals surface area contributed by atoms with Crippen LogP contribution < -0.4 is 10.1 Å². The molecule has 34 heavy (non-hydrogen) atoms. The number of hydrogen-bond donors (Lipinski definition) is 1. The van der Waals surface area contributed by atoms with Crippen molar-refractivity contribution in [2.75, 3.05) is 5.32 Å². The third kappa shape index (κ3) is 5.19. The van der Waals surface area contributed by atoms with Gasteiger partial charge in [-0.05, 0) is 44.2 Å². The van der Waals surface area contributed by atoms with Crippen LogP contribution in [0.15, 0.2) is 54.7 Å². The number of non-ortho nitro benzene ring substituents is 1. The lowest BCUT2D eigenvalue weighted by Crippen LogP contribution is -2.15. The number of nitrogens with zero attached hydrogens (tertiary/aromatic N) is 5. The first kappa shape index (κ1) is 23.3. The van der Waals surface area contributed by atoms with Crippen molar-refractivity contribution in [3.8, 4) is 11.5 Å². The summed E-state index contributed by atoms with van der Waals surface area (Å²) in [6.45, 7) is 3.91. The normalized spacial score (nSPS) is 10.8. The minimum atomic E-state index is -0.571. The van der Waals surface area contributed by atoms with Gasteiger partial charge in [-0.3, -0.25) is 19.6 Å². The van der Waals surface area contributed by atoms with Crippen molar-refractivity contribution in [1.29, 1.82) is 0 Å². The smallest absolute Gasteiger partial charge is 0.276 e. The molecule has 10 nitrogen and oxygen atoms in total. The number of halogens is 2. The predicted molar refractivity (Wildman–Crippen MR) is 127 cm³/mol. The molecule has 2 heterocycles. The quantitative estimate of drug-likeness (QED) is 0.265. The second-order valence-corrected chi connectivity index (χ2v) is 8.16. The predicted octanol–water partition coefficient (Wildman–Crippen LogP) is 5.46. The Morgan fingerprint density at radius 1 is 1.09 bits per heavy atom. The van der Waals surface area contributed by atoms with Gasteiger partial charge in [0.1, 0.15) is 18.2 Å².